The van der Waals surface area contributed by atoms with Crippen molar-refractivity contribution in [3.05, 3.63) is 100 Å². The molecule has 1 fully saturated rings. The lowest BCUT2D eigenvalue weighted by molar-refractivity contribution is -0.384. The zero-order chi connectivity index (χ0) is 24.3. The summed E-state index contributed by atoms with van der Waals surface area (Å²) in [6, 6.07) is 16.0. The summed E-state index contributed by atoms with van der Waals surface area (Å²) in [5, 5.41) is 11.0. The minimum Gasteiger partial charge on any atom is -0.299 e. The molecule has 7 nitrogen and oxygen atoms in total. The van der Waals surface area contributed by atoms with Gasteiger partial charge in [0.15, 0.2) is 0 Å². The Balaban J connectivity index is 1.55. The summed E-state index contributed by atoms with van der Waals surface area (Å²) in [6.07, 6.45) is 1.01. The van der Waals surface area contributed by atoms with E-state index in [1.54, 1.807) is 6.07 Å². The van der Waals surface area contributed by atoms with Crippen molar-refractivity contribution in [2.75, 3.05) is 17.4 Å². The molecule has 178 valence electrons. The van der Waals surface area contributed by atoms with Crippen LogP contribution in [0.5, 0.6) is 0 Å². The Hall–Kier alpha value is -3.37. The van der Waals surface area contributed by atoms with Crippen molar-refractivity contribution in [1.82, 2.24) is 4.90 Å². The fourth-order valence-corrected chi connectivity index (χ4v) is 5.90. The van der Waals surface area contributed by atoms with Gasteiger partial charge in [-0.05, 0) is 66.9 Å². The minimum atomic E-state index is -4.02. The Kier molecular flexibility index (Phi) is 6.90. The fraction of sp³-hybridized carbons (Fsp3) is 0.250. The molecule has 0 unspecified atom stereocenters. The van der Waals surface area contributed by atoms with Gasteiger partial charge < -0.3 is 0 Å². The van der Waals surface area contributed by atoms with Gasteiger partial charge >= 0.3 is 0 Å². The second-order valence-electron chi connectivity index (χ2n) is 8.17. The number of likely N-dealkylation sites (tertiary alicyclic amines) is 1. The first kappa shape index (κ1) is 23.8. The number of benzene rings is 3. The number of rotatable bonds is 7. The molecule has 0 N–H and O–H groups in total. The summed E-state index contributed by atoms with van der Waals surface area (Å²) in [7, 11) is -4.02. The molecule has 0 aliphatic carbocycles. The van der Waals surface area contributed by atoms with Crippen molar-refractivity contribution < 1.29 is 22.1 Å². The SMILES string of the molecule is O=[N+]([O-])c1cccc(CN2CCC(N(c3ccc(F)cc3)S(=O)(=O)c3ccc(F)cc3)CC2)c1. The number of halogens is 2. The number of piperidine rings is 1. The zero-order valence-corrected chi connectivity index (χ0v) is 19.0. The third kappa shape index (κ3) is 5.23. The third-order valence-corrected chi connectivity index (χ3v) is 7.76. The average molecular weight is 488 g/mol. The Morgan fingerprint density at radius 1 is 0.941 bits per heavy atom. The first-order valence-electron chi connectivity index (χ1n) is 10.8. The molecule has 0 amide bonds. The first-order chi connectivity index (χ1) is 16.2. The molecule has 1 saturated heterocycles. The van der Waals surface area contributed by atoms with Gasteiger partial charge in [-0.25, -0.2) is 17.2 Å². The maximum absolute atomic E-state index is 13.5. The second kappa shape index (κ2) is 9.86. The molecule has 1 aliphatic rings. The Morgan fingerprint density at radius 3 is 2.12 bits per heavy atom. The molecule has 0 bridgehead atoms. The van der Waals surface area contributed by atoms with Gasteiger partial charge in [-0.2, -0.15) is 0 Å². The van der Waals surface area contributed by atoms with E-state index < -0.39 is 26.6 Å². The van der Waals surface area contributed by atoms with Crippen molar-refractivity contribution in [1.29, 1.82) is 0 Å². The van der Waals surface area contributed by atoms with Gasteiger partial charge in [0.2, 0.25) is 0 Å². The van der Waals surface area contributed by atoms with Crippen LogP contribution in [0, 0.1) is 21.7 Å². The summed E-state index contributed by atoms with van der Waals surface area (Å²) in [5.41, 5.74) is 1.17. The van der Waals surface area contributed by atoms with E-state index in [1.807, 2.05) is 6.07 Å². The van der Waals surface area contributed by atoms with Crippen molar-refractivity contribution in [2.45, 2.75) is 30.3 Å². The van der Waals surface area contributed by atoms with E-state index in [0.717, 1.165) is 17.7 Å². The molecule has 10 heteroatoms. The zero-order valence-electron chi connectivity index (χ0n) is 18.2. The van der Waals surface area contributed by atoms with Gasteiger partial charge in [0.25, 0.3) is 15.7 Å². The van der Waals surface area contributed by atoms with Crippen molar-refractivity contribution in [3.8, 4) is 0 Å². The van der Waals surface area contributed by atoms with Crippen LogP contribution in [0.3, 0.4) is 0 Å². The van der Waals surface area contributed by atoms with E-state index in [0.29, 0.717) is 38.2 Å². The van der Waals surface area contributed by atoms with Gasteiger partial charge in [-0.15, -0.1) is 0 Å². The molecule has 3 aromatic rings. The standard InChI is InChI=1S/C24H23F2N3O4S/c25-19-4-8-21(9-5-19)28(34(32,33)24-10-6-20(26)7-11-24)22-12-14-27(15-13-22)17-18-2-1-3-23(16-18)29(30)31/h1-11,16,22H,12-15,17H2. The number of anilines is 1. The molecular weight excluding hydrogens is 464 g/mol. The molecular formula is C24H23F2N3O4S. The van der Waals surface area contributed by atoms with Gasteiger partial charge in [0.1, 0.15) is 11.6 Å². The fourth-order valence-electron chi connectivity index (χ4n) is 4.19. The second-order valence-corrected chi connectivity index (χ2v) is 9.98. The molecule has 1 aliphatic heterocycles. The number of hydrogen-bond acceptors (Lipinski definition) is 5. The molecule has 4 rings (SSSR count). The largest absolute Gasteiger partial charge is 0.299 e. The average Bonchev–Trinajstić information content (AvgIpc) is 2.82. The van der Waals surface area contributed by atoms with Crippen LogP contribution in [0.2, 0.25) is 0 Å². The lowest BCUT2D eigenvalue weighted by Crippen LogP contribution is -2.47. The Bertz CT molecular complexity index is 1260. The smallest absolute Gasteiger partial charge is 0.269 e. The van der Waals surface area contributed by atoms with Gasteiger partial charge in [0.05, 0.1) is 15.5 Å². The van der Waals surface area contributed by atoms with Crippen LogP contribution in [-0.2, 0) is 16.6 Å². The number of sulfonamides is 1. The molecule has 34 heavy (non-hydrogen) atoms. The van der Waals surface area contributed by atoms with Crippen LogP contribution in [0.4, 0.5) is 20.2 Å². The predicted molar refractivity (Wildman–Crippen MR) is 124 cm³/mol. The van der Waals surface area contributed by atoms with Crippen LogP contribution in [0.1, 0.15) is 18.4 Å². The van der Waals surface area contributed by atoms with Crippen LogP contribution in [0.15, 0.2) is 77.7 Å². The van der Waals surface area contributed by atoms with Crippen LogP contribution >= 0.6 is 0 Å². The molecule has 1 heterocycles. The highest BCUT2D eigenvalue weighted by molar-refractivity contribution is 7.92. The van der Waals surface area contributed by atoms with E-state index in [9.17, 15) is 27.3 Å². The highest BCUT2D eigenvalue weighted by Crippen LogP contribution is 2.31. The number of nitrogens with zero attached hydrogens (tertiary/aromatic N) is 3. The van der Waals surface area contributed by atoms with Crippen LogP contribution in [-0.4, -0.2) is 37.4 Å². The number of nitro groups is 1. The van der Waals surface area contributed by atoms with E-state index >= 15 is 0 Å². The van der Waals surface area contributed by atoms with E-state index in [2.05, 4.69) is 4.90 Å². The summed E-state index contributed by atoms with van der Waals surface area (Å²) in [5.74, 6) is -1.02. The van der Waals surface area contributed by atoms with Crippen molar-refractivity contribution in [3.63, 3.8) is 0 Å². The van der Waals surface area contributed by atoms with Crippen LogP contribution in [0.25, 0.3) is 0 Å². The van der Waals surface area contributed by atoms with Crippen molar-refractivity contribution in [2.24, 2.45) is 0 Å². The van der Waals surface area contributed by atoms with Gasteiger partial charge in [-0.1, -0.05) is 12.1 Å². The summed E-state index contributed by atoms with van der Waals surface area (Å²) in [4.78, 5) is 12.7. The maximum atomic E-state index is 13.5. The monoisotopic (exact) mass is 487 g/mol. The highest BCUT2D eigenvalue weighted by Gasteiger charge is 2.34. The number of nitro benzene ring substituents is 1. The Morgan fingerprint density at radius 2 is 1.53 bits per heavy atom. The van der Waals surface area contributed by atoms with Crippen molar-refractivity contribution >= 4 is 21.4 Å². The molecule has 0 saturated carbocycles. The lowest BCUT2D eigenvalue weighted by atomic mass is 10.0. The normalized spacial score (nSPS) is 15.2. The number of non-ortho nitro benzene ring substituents is 1. The quantitative estimate of drug-likeness (QED) is 0.355. The molecule has 0 aromatic heterocycles. The first-order valence-corrected chi connectivity index (χ1v) is 12.2. The Labute approximate surface area is 196 Å². The molecule has 0 spiro atoms. The van der Waals surface area contributed by atoms with E-state index in [4.69, 9.17) is 0 Å². The summed E-state index contributed by atoms with van der Waals surface area (Å²) in [6.45, 7) is 1.66. The number of hydrogen-bond donors (Lipinski definition) is 0. The maximum Gasteiger partial charge on any atom is 0.269 e. The topological polar surface area (TPSA) is 83.8 Å². The van der Waals surface area contributed by atoms with E-state index in [-0.39, 0.29) is 16.6 Å². The third-order valence-electron chi connectivity index (χ3n) is 5.87. The highest BCUT2D eigenvalue weighted by atomic mass is 32.2. The van der Waals surface area contributed by atoms with E-state index in [1.165, 1.54) is 52.8 Å². The lowest BCUT2D eigenvalue weighted by Gasteiger charge is -2.39. The van der Waals surface area contributed by atoms with Gasteiger partial charge in [0, 0.05) is 37.8 Å². The molecule has 3 aromatic carbocycles. The predicted octanol–water partition coefficient (Wildman–Crippen LogP) is 4.73. The molecule has 0 atom stereocenters. The molecule has 0 radical (unpaired) electrons. The summed E-state index contributed by atoms with van der Waals surface area (Å²) >= 11 is 0. The van der Waals surface area contributed by atoms with Gasteiger partial charge in [-0.3, -0.25) is 19.3 Å². The van der Waals surface area contributed by atoms with Crippen LogP contribution < -0.4 is 4.31 Å². The minimum absolute atomic E-state index is 0.0280. The summed E-state index contributed by atoms with van der Waals surface area (Å²) < 4.78 is 55.3.